The van der Waals surface area contributed by atoms with Crippen LogP contribution in [0.4, 0.5) is 81.1 Å². The zero-order valence-electron chi connectivity index (χ0n) is 25.0. The second-order valence-electron chi connectivity index (χ2n) is 8.79. The van der Waals surface area contributed by atoms with Crippen LogP contribution in [0.15, 0.2) is 72.8 Å². The number of Topliss-reactive ketones (excluding diaryl/α,β-unsaturated/α-hetero) is 1. The topological polar surface area (TPSA) is 162 Å². The third-order valence-corrected chi connectivity index (χ3v) is 4.82. The number of anilines is 8. The number of fused-ring (bicyclic) bond motifs is 8. The number of aromatic nitrogens is 4. The van der Waals surface area contributed by atoms with E-state index in [0.29, 0.717) is 23.3 Å². The molecule has 259 valence electrons. The van der Waals surface area contributed by atoms with Crippen LogP contribution in [0.5, 0.6) is 0 Å². The van der Waals surface area contributed by atoms with E-state index in [9.17, 15) is 39.3 Å². The molecule has 4 aromatic rings. The zero-order chi connectivity index (χ0) is 33.1. The Labute approximate surface area is 274 Å². The summed E-state index contributed by atoms with van der Waals surface area (Å²) in [6.45, 7) is 3.06. The summed E-state index contributed by atoms with van der Waals surface area (Å²) in [5.41, 5.74) is 0. The molecule has 5 heterocycles. The van der Waals surface area contributed by atoms with Gasteiger partial charge in [-0.2, -0.15) is 0 Å². The summed E-state index contributed by atoms with van der Waals surface area (Å²) >= 11 is 0. The fraction of sp³-hybridized carbons (Fsp3) is 0.160. The predicted molar refractivity (Wildman–Crippen MR) is 164 cm³/mol. The Kier molecular flexibility index (Phi) is 18.8. The monoisotopic (exact) mass is 723 g/mol. The normalized spacial score (nSPS) is 11.2. The summed E-state index contributed by atoms with van der Waals surface area (Å²) in [5, 5.41) is 6.58. The van der Waals surface area contributed by atoms with Gasteiger partial charge in [-0.05, 0) is 62.4 Å². The molecule has 0 aliphatic carbocycles. The molecule has 22 heteroatoms. The largest absolute Gasteiger partial charge is 2.00 e. The van der Waals surface area contributed by atoms with Crippen molar-refractivity contribution in [2.75, 3.05) is 34.5 Å². The number of pyridine rings is 4. The van der Waals surface area contributed by atoms with Crippen molar-refractivity contribution in [2.45, 2.75) is 13.8 Å². The van der Waals surface area contributed by atoms with Gasteiger partial charge < -0.3 is 70.7 Å². The van der Waals surface area contributed by atoms with Gasteiger partial charge in [0.25, 0.3) is 0 Å². The van der Waals surface area contributed by atoms with Crippen LogP contribution in [0, 0.1) is 0 Å². The molecule has 0 unspecified atom stereocenters. The van der Waals surface area contributed by atoms with Gasteiger partial charge >= 0.3 is 31.3 Å². The Bertz CT molecular complexity index is 1330. The molecular formula is C25H30B2CoF8N8O3. The number of rotatable bonds is 0. The second-order valence-corrected chi connectivity index (χ2v) is 8.79. The summed E-state index contributed by atoms with van der Waals surface area (Å²) in [4.78, 5) is 32.2. The van der Waals surface area contributed by atoms with Crippen molar-refractivity contribution in [1.29, 1.82) is 0 Å². The maximum absolute atomic E-state index is 9.75. The first kappa shape index (κ1) is 44.6. The van der Waals surface area contributed by atoms with Gasteiger partial charge in [-0.3, -0.25) is 0 Å². The van der Waals surface area contributed by atoms with Crippen LogP contribution in [0.1, 0.15) is 13.8 Å². The van der Waals surface area contributed by atoms with E-state index in [1.165, 1.54) is 13.8 Å². The SMILES string of the molecule is CC(C)=O.CN1c2cccc(n2)Nc2cccc(n2)N(C)c2cccc(n2)Nc2cccc1n2.F[B-](F)(F)F.F[B-](F)(F)F.O.O.[Co+2]. The number of halogens is 8. The molecule has 11 nitrogen and oxygen atoms in total. The van der Waals surface area contributed by atoms with E-state index < -0.39 is 14.5 Å². The molecule has 5 rings (SSSR count). The van der Waals surface area contributed by atoms with Gasteiger partial charge in [-0.1, -0.05) is 24.3 Å². The standard InChI is InChI=1S/C22H20N8.C3H6O.2BF4.Co.2H2O/c1-29-19-11-3-7-15(25-19)23-17-9-5-13-21(27-17)30(2)22-14-6-10-18(28-22)24-16-8-4-12-20(29)26-16;1-3(2)4;2*2-1(3,4)5;;;/h3-14H,1-2H3,(H,23,25,27)(H,24,26,28);1-2H3;;;;2*1H2/q;;2*-1;+2;;. The van der Waals surface area contributed by atoms with Gasteiger partial charge in [0.05, 0.1) is 0 Å². The summed E-state index contributed by atoms with van der Waals surface area (Å²) in [6, 6.07) is 23.2. The van der Waals surface area contributed by atoms with Crippen molar-refractivity contribution in [3.63, 3.8) is 0 Å². The maximum Gasteiger partial charge on any atom is 2.00 e. The van der Waals surface area contributed by atoms with Crippen molar-refractivity contribution in [1.82, 2.24) is 19.9 Å². The molecule has 8 bridgehead atoms. The first-order valence-electron chi connectivity index (χ1n) is 12.5. The van der Waals surface area contributed by atoms with Crippen molar-refractivity contribution >= 4 is 66.8 Å². The molecule has 0 saturated heterocycles. The molecule has 1 aliphatic heterocycles. The molecule has 0 saturated carbocycles. The maximum atomic E-state index is 9.75. The smallest absolute Gasteiger partial charge is 0.418 e. The first-order chi connectivity index (χ1) is 20.4. The predicted octanol–water partition coefficient (Wildman–Crippen LogP) is 6.15. The van der Waals surface area contributed by atoms with Crippen molar-refractivity contribution < 1.29 is 67.1 Å². The van der Waals surface area contributed by atoms with E-state index in [1.54, 1.807) is 0 Å². The van der Waals surface area contributed by atoms with Gasteiger partial charge in [-0.15, -0.1) is 0 Å². The third-order valence-electron chi connectivity index (χ3n) is 4.82. The molecular weight excluding hydrogens is 693 g/mol. The van der Waals surface area contributed by atoms with Crippen LogP contribution in [0.2, 0.25) is 0 Å². The van der Waals surface area contributed by atoms with Gasteiger partial charge in [0.1, 0.15) is 52.3 Å². The Hall–Kier alpha value is -4.53. The number of carbonyl (C=O) groups excluding carboxylic acids is 1. The fourth-order valence-electron chi connectivity index (χ4n) is 3.22. The van der Waals surface area contributed by atoms with Crippen molar-refractivity contribution in [3.05, 3.63) is 72.8 Å². The van der Waals surface area contributed by atoms with E-state index in [2.05, 4.69) is 10.6 Å². The molecule has 47 heavy (non-hydrogen) atoms. The van der Waals surface area contributed by atoms with Crippen molar-refractivity contribution in [3.8, 4) is 0 Å². The van der Waals surface area contributed by atoms with Crippen LogP contribution in [-0.2, 0) is 21.6 Å². The average Bonchev–Trinajstić information content (AvgIpc) is 2.90. The molecule has 1 aliphatic rings. The Morgan fingerprint density at radius 2 is 0.702 bits per heavy atom. The summed E-state index contributed by atoms with van der Waals surface area (Å²) in [7, 11) is -8.12. The number of hydrogen-bond donors (Lipinski definition) is 2. The number of nitrogens with zero attached hydrogens (tertiary/aromatic N) is 6. The molecule has 0 aromatic carbocycles. The minimum Gasteiger partial charge on any atom is -0.418 e. The van der Waals surface area contributed by atoms with Crippen LogP contribution >= 0.6 is 0 Å². The summed E-state index contributed by atoms with van der Waals surface area (Å²) in [6.07, 6.45) is 0. The van der Waals surface area contributed by atoms with E-state index in [0.717, 1.165) is 23.3 Å². The first-order valence-corrected chi connectivity index (χ1v) is 12.5. The third kappa shape index (κ3) is 18.3. The van der Waals surface area contributed by atoms with Crippen LogP contribution < -0.4 is 20.4 Å². The van der Waals surface area contributed by atoms with Crippen molar-refractivity contribution in [2.24, 2.45) is 0 Å². The summed E-state index contributed by atoms with van der Waals surface area (Å²) < 4.78 is 78.0. The zero-order valence-corrected chi connectivity index (χ0v) is 26.1. The minimum absolute atomic E-state index is 0. The number of carbonyl (C=O) groups is 1. The second kappa shape index (κ2) is 19.9. The fourth-order valence-corrected chi connectivity index (χ4v) is 3.22. The van der Waals surface area contributed by atoms with E-state index in [4.69, 9.17) is 19.9 Å². The molecule has 0 amide bonds. The van der Waals surface area contributed by atoms with Gasteiger partial charge in [0.15, 0.2) is 0 Å². The summed E-state index contributed by atoms with van der Waals surface area (Å²) in [5.74, 6) is 6.05. The van der Waals surface area contributed by atoms with E-state index >= 15 is 0 Å². The van der Waals surface area contributed by atoms with E-state index in [-0.39, 0.29) is 33.5 Å². The molecule has 0 spiro atoms. The van der Waals surface area contributed by atoms with E-state index in [1.807, 2.05) is 96.7 Å². The number of hydrogen-bond acceptors (Lipinski definition) is 9. The Morgan fingerprint density at radius 3 is 0.872 bits per heavy atom. The molecule has 1 radical (unpaired) electrons. The van der Waals surface area contributed by atoms with Crippen LogP contribution in [0.25, 0.3) is 0 Å². The average molecular weight is 723 g/mol. The van der Waals surface area contributed by atoms with Crippen LogP contribution in [0.3, 0.4) is 0 Å². The Balaban J connectivity index is 0. The molecule has 4 aromatic heterocycles. The van der Waals surface area contributed by atoms with Gasteiger partial charge in [0, 0.05) is 14.1 Å². The quantitative estimate of drug-likeness (QED) is 0.160. The minimum atomic E-state index is -6.00. The Morgan fingerprint density at radius 1 is 0.532 bits per heavy atom. The van der Waals surface area contributed by atoms with Gasteiger partial charge in [-0.25, -0.2) is 19.9 Å². The van der Waals surface area contributed by atoms with Crippen LogP contribution in [-0.4, -0.2) is 65.3 Å². The van der Waals surface area contributed by atoms with Gasteiger partial charge in [0.2, 0.25) is 0 Å². The number of nitrogens with one attached hydrogen (secondary N) is 2. The number of ketones is 1. The molecule has 6 N–H and O–H groups in total. The molecule has 0 atom stereocenters. The molecule has 0 fully saturated rings.